The number of hydrogen-bond acceptors (Lipinski definition) is 1. The zero-order valence-corrected chi connectivity index (χ0v) is 21.5. The van der Waals surface area contributed by atoms with Crippen LogP contribution in [0.1, 0.15) is 34.6 Å². The van der Waals surface area contributed by atoms with Gasteiger partial charge in [0.05, 0.1) is 5.56 Å². The molecule has 178 valence electrons. The lowest BCUT2D eigenvalue weighted by molar-refractivity contribution is -0.660. The maximum Gasteiger partial charge on any atom is 0.213 e. The molecule has 0 N–H and O–H groups in total. The minimum absolute atomic E-state index is 0.485. The number of hydrogen-bond donors (Lipinski definition) is 0. The number of furan rings is 1. The second-order valence-electron chi connectivity index (χ2n) is 10.8. The highest BCUT2D eigenvalue weighted by atomic mass is 16.3. The Morgan fingerprint density at radius 3 is 2.36 bits per heavy atom. The van der Waals surface area contributed by atoms with Gasteiger partial charge in [0.25, 0.3) is 0 Å². The molecule has 2 heteroatoms. The van der Waals surface area contributed by atoms with Gasteiger partial charge in [-0.05, 0) is 69.9 Å². The maximum atomic E-state index is 8.60. The molecule has 2 heterocycles. The summed E-state index contributed by atoms with van der Waals surface area (Å²) >= 11 is 0. The lowest BCUT2D eigenvalue weighted by atomic mass is 9.87. The Morgan fingerprint density at radius 2 is 1.58 bits per heavy atom. The van der Waals surface area contributed by atoms with Crippen molar-refractivity contribution in [2.24, 2.45) is 12.5 Å². The number of nitrogens with zero attached hydrogens (tertiary/aromatic N) is 1. The topological polar surface area (TPSA) is 17.0 Å². The lowest BCUT2D eigenvalue weighted by Gasteiger charge is -2.18. The summed E-state index contributed by atoms with van der Waals surface area (Å²) in [6.45, 7) is 7.98. The van der Waals surface area contributed by atoms with Crippen LogP contribution in [0, 0.1) is 12.3 Å². The van der Waals surface area contributed by atoms with Gasteiger partial charge in [0.2, 0.25) is 5.69 Å². The van der Waals surface area contributed by atoms with E-state index in [9.17, 15) is 0 Å². The maximum absolute atomic E-state index is 8.60. The Hall–Kier alpha value is -3.91. The van der Waals surface area contributed by atoms with Gasteiger partial charge in [0, 0.05) is 25.6 Å². The first-order chi connectivity index (χ1) is 18.0. The van der Waals surface area contributed by atoms with Gasteiger partial charge in [-0.2, -0.15) is 0 Å². The van der Waals surface area contributed by atoms with Crippen LogP contribution in [-0.4, -0.2) is 0 Å². The van der Waals surface area contributed by atoms with Gasteiger partial charge >= 0.3 is 0 Å². The molecule has 6 aromatic rings. The molecule has 0 bridgehead atoms. The van der Waals surface area contributed by atoms with Crippen molar-refractivity contribution < 1.29 is 11.7 Å². The minimum atomic E-state index is -1.41. The molecule has 0 aliphatic carbocycles. The van der Waals surface area contributed by atoms with Crippen molar-refractivity contribution in [3.05, 3.63) is 102 Å². The highest BCUT2D eigenvalue weighted by Crippen LogP contribution is 2.38. The van der Waals surface area contributed by atoms with Gasteiger partial charge in [-0.25, -0.2) is 4.57 Å². The van der Waals surface area contributed by atoms with Crippen molar-refractivity contribution in [1.29, 1.82) is 0 Å². The molecule has 0 aliphatic heterocycles. The zero-order valence-electron chi connectivity index (χ0n) is 23.5. The summed E-state index contributed by atoms with van der Waals surface area (Å²) < 4.78 is 25.7. The van der Waals surface area contributed by atoms with Crippen LogP contribution < -0.4 is 4.57 Å². The molecule has 0 amide bonds. The fourth-order valence-electron chi connectivity index (χ4n) is 5.17. The molecular weight excluding hydrogens is 438 g/mol. The van der Waals surface area contributed by atoms with E-state index in [1.807, 2.05) is 45.0 Å². The van der Waals surface area contributed by atoms with Gasteiger partial charge in [-0.1, -0.05) is 75.4 Å². The Bertz CT molecular complexity index is 1840. The SMILES string of the molecule is [2H]C([2H])(c1ccc(-c2cc[n+](C)c(-c3cc4oc5ccc6ccccc6c5c4cc3C)c2)cc1)C(C)(C)C. The van der Waals surface area contributed by atoms with E-state index in [0.717, 1.165) is 38.9 Å². The molecule has 0 saturated heterocycles. The number of rotatable bonds is 3. The quantitative estimate of drug-likeness (QED) is 0.235. The van der Waals surface area contributed by atoms with E-state index in [2.05, 4.69) is 85.4 Å². The molecule has 0 radical (unpaired) electrons. The number of fused-ring (bicyclic) bond motifs is 5. The van der Waals surface area contributed by atoms with Gasteiger partial charge in [0.1, 0.15) is 18.2 Å². The van der Waals surface area contributed by atoms with Crippen molar-refractivity contribution in [3.8, 4) is 22.4 Å². The van der Waals surface area contributed by atoms with E-state index < -0.39 is 11.8 Å². The number of aromatic nitrogens is 1. The van der Waals surface area contributed by atoms with Gasteiger partial charge < -0.3 is 4.42 Å². The molecule has 2 aromatic heterocycles. The van der Waals surface area contributed by atoms with Crippen molar-refractivity contribution in [3.63, 3.8) is 0 Å². The summed E-state index contributed by atoms with van der Waals surface area (Å²) in [5.74, 6) is 0. The highest BCUT2D eigenvalue weighted by Gasteiger charge is 2.19. The molecule has 6 rings (SSSR count). The second-order valence-corrected chi connectivity index (χ2v) is 10.8. The fourth-order valence-corrected chi connectivity index (χ4v) is 5.17. The van der Waals surface area contributed by atoms with E-state index in [0.29, 0.717) is 5.56 Å². The normalized spacial score (nSPS) is 13.4. The molecule has 0 unspecified atom stereocenters. The predicted octanol–water partition coefficient (Wildman–Crippen LogP) is 8.79. The first-order valence-corrected chi connectivity index (χ1v) is 12.5. The van der Waals surface area contributed by atoms with Crippen LogP contribution in [0.5, 0.6) is 0 Å². The lowest BCUT2D eigenvalue weighted by Crippen LogP contribution is -2.30. The summed E-state index contributed by atoms with van der Waals surface area (Å²) in [6.07, 6.45) is 0.674. The van der Waals surface area contributed by atoms with Crippen molar-refractivity contribution in [2.75, 3.05) is 0 Å². The average molecular weight is 473 g/mol. The number of pyridine rings is 1. The zero-order chi connectivity index (χ0) is 26.8. The van der Waals surface area contributed by atoms with Gasteiger partial charge in [-0.15, -0.1) is 0 Å². The molecule has 0 aliphatic rings. The van der Waals surface area contributed by atoms with Crippen LogP contribution in [0.4, 0.5) is 0 Å². The largest absolute Gasteiger partial charge is 0.456 e. The molecule has 4 aromatic carbocycles. The fraction of sp³-hybridized carbons (Fsp3) is 0.206. The number of aryl methyl sites for hydroxylation is 2. The Balaban J connectivity index is 1.45. The highest BCUT2D eigenvalue weighted by molar-refractivity contribution is 6.19. The van der Waals surface area contributed by atoms with Crippen LogP contribution in [-0.2, 0) is 13.4 Å². The molecule has 0 atom stereocenters. The van der Waals surface area contributed by atoms with Crippen LogP contribution in [0.15, 0.2) is 95.5 Å². The van der Waals surface area contributed by atoms with Crippen LogP contribution >= 0.6 is 0 Å². The third kappa shape index (κ3) is 3.97. The summed E-state index contributed by atoms with van der Waals surface area (Å²) in [5, 5.41) is 4.73. The van der Waals surface area contributed by atoms with E-state index in [-0.39, 0.29) is 0 Å². The van der Waals surface area contributed by atoms with Crippen LogP contribution in [0.2, 0.25) is 0 Å². The number of benzene rings is 4. The van der Waals surface area contributed by atoms with Gasteiger partial charge in [0.15, 0.2) is 6.20 Å². The Kier molecular flexibility index (Phi) is 4.70. The summed E-state index contributed by atoms with van der Waals surface area (Å²) in [7, 11) is 2.07. The molecule has 36 heavy (non-hydrogen) atoms. The third-order valence-electron chi connectivity index (χ3n) is 6.87. The minimum Gasteiger partial charge on any atom is -0.456 e. The Labute approximate surface area is 215 Å². The van der Waals surface area contributed by atoms with E-state index in [1.54, 1.807) is 0 Å². The van der Waals surface area contributed by atoms with Crippen LogP contribution in [0.25, 0.3) is 55.1 Å². The predicted molar refractivity (Wildman–Crippen MR) is 151 cm³/mol. The first kappa shape index (κ1) is 20.3. The van der Waals surface area contributed by atoms with E-state index >= 15 is 0 Å². The average Bonchev–Trinajstić information content (AvgIpc) is 3.26. The van der Waals surface area contributed by atoms with Crippen molar-refractivity contribution >= 4 is 32.7 Å². The molecule has 0 fully saturated rings. The smallest absolute Gasteiger partial charge is 0.213 e. The van der Waals surface area contributed by atoms with Crippen molar-refractivity contribution in [1.82, 2.24) is 0 Å². The van der Waals surface area contributed by atoms with Gasteiger partial charge in [-0.3, -0.25) is 0 Å². The summed E-state index contributed by atoms with van der Waals surface area (Å²) in [5.41, 5.74) is 7.59. The molecular formula is C34H32NO+. The standard InChI is InChI=1S/C34H32NO/c1-22-18-29-32(36-31-15-14-25-8-6-7-9-27(25)33(29)31)20-28(22)30-19-26(16-17-35(30)5)24-12-10-23(11-13-24)21-34(2,3)4/h6-20H,21H2,1-5H3/q+1/i21D2. The third-order valence-corrected chi connectivity index (χ3v) is 6.87. The van der Waals surface area contributed by atoms with Crippen LogP contribution in [0.3, 0.4) is 0 Å². The monoisotopic (exact) mass is 472 g/mol. The van der Waals surface area contributed by atoms with Crippen molar-refractivity contribution in [2.45, 2.75) is 34.1 Å². The second kappa shape index (κ2) is 8.34. The first-order valence-electron chi connectivity index (χ1n) is 13.5. The summed E-state index contributed by atoms with van der Waals surface area (Å²) in [6, 6.07) is 29.3. The van der Waals surface area contributed by atoms with E-state index in [4.69, 9.17) is 7.16 Å². The molecule has 2 nitrogen and oxygen atoms in total. The molecule has 0 saturated carbocycles. The molecule has 0 spiro atoms. The summed E-state index contributed by atoms with van der Waals surface area (Å²) in [4.78, 5) is 0. The Morgan fingerprint density at radius 1 is 0.806 bits per heavy atom. The van der Waals surface area contributed by atoms with E-state index in [1.165, 1.54) is 21.7 Å².